The Kier molecular flexibility index (Phi) is 6.59. The maximum absolute atomic E-state index is 13.1. The average Bonchev–Trinajstić information content (AvgIpc) is 3.49. The second-order valence-corrected chi connectivity index (χ2v) is 12.1. The third-order valence-electron chi connectivity index (χ3n) is 6.29. The lowest BCUT2D eigenvalue weighted by Gasteiger charge is -2.34. The zero-order valence-electron chi connectivity index (χ0n) is 20.2. The van der Waals surface area contributed by atoms with Gasteiger partial charge in [0.25, 0.3) is 5.91 Å². The topological polar surface area (TPSA) is 102 Å². The monoisotopic (exact) mass is 525 g/mol. The van der Waals surface area contributed by atoms with E-state index in [0.29, 0.717) is 58.4 Å². The molecule has 2 atom stereocenters. The number of rotatable bonds is 6. The first-order valence-corrected chi connectivity index (χ1v) is 14.0. The van der Waals surface area contributed by atoms with Crippen LogP contribution in [0.1, 0.15) is 30.6 Å². The minimum atomic E-state index is -3.60. The van der Waals surface area contributed by atoms with Crippen molar-refractivity contribution in [2.45, 2.75) is 25.2 Å². The van der Waals surface area contributed by atoms with E-state index < -0.39 is 10.0 Å². The quantitative estimate of drug-likeness (QED) is 0.358. The number of ether oxygens (including phenoxy) is 1. The van der Waals surface area contributed by atoms with Crippen LogP contribution in [0, 0.1) is 11.8 Å². The minimum absolute atomic E-state index is 0.193. The van der Waals surface area contributed by atoms with Gasteiger partial charge in [-0.2, -0.15) is 4.31 Å². The molecule has 0 saturated carbocycles. The highest BCUT2D eigenvalue weighted by molar-refractivity contribution is 7.89. The molecule has 2 unspecified atom stereocenters. The predicted octanol–water partition coefficient (Wildman–Crippen LogP) is 5.48. The van der Waals surface area contributed by atoms with E-state index in [0.717, 1.165) is 11.8 Å². The molecule has 1 saturated heterocycles. The lowest BCUT2D eigenvalue weighted by atomic mass is 9.94. The van der Waals surface area contributed by atoms with Crippen LogP contribution in [-0.4, -0.2) is 43.8 Å². The summed E-state index contributed by atoms with van der Waals surface area (Å²) in [6, 6.07) is 13.5. The van der Waals surface area contributed by atoms with Crippen molar-refractivity contribution in [3.8, 4) is 17.2 Å². The van der Waals surface area contributed by atoms with Gasteiger partial charge in [0.2, 0.25) is 10.0 Å². The number of fused-ring (bicyclic) bond motifs is 1. The third kappa shape index (κ3) is 4.88. The van der Waals surface area contributed by atoms with E-state index in [4.69, 9.17) is 9.15 Å². The first-order valence-electron chi connectivity index (χ1n) is 11.7. The van der Waals surface area contributed by atoms with E-state index in [1.54, 1.807) is 16.8 Å². The summed E-state index contributed by atoms with van der Waals surface area (Å²) in [6.45, 7) is 5.17. The van der Waals surface area contributed by atoms with Crippen LogP contribution in [0.4, 0.5) is 5.13 Å². The molecule has 188 valence electrons. The smallest absolute Gasteiger partial charge is 0.257 e. The normalized spacial score (nSPS) is 18.9. The summed E-state index contributed by atoms with van der Waals surface area (Å²) >= 11 is 1.28. The highest BCUT2D eigenvalue weighted by atomic mass is 32.2. The number of nitrogens with one attached hydrogen (secondary N) is 1. The Hall–Kier alpha value is -3.21. The first-order chi connectivity index (χ1) is 17.2. The number of thiazole rings is 1. The van der Waals surface area contributed by atoms with Crippen molar-refractivity contribution < 1.29 is 22.4 Å². The second-order valence-electron chi connectivity index (χ2n) is 9.30. The van der Waals surface area contributed by atoms with Crippen molar-refractivity contribution in [2.75, 3.05) is 25.5 Å². The Morgan fingerprint density at radius 1 is 1.11 bits per heavy atom. The van der Waals surface area contributed by atoms with Crippen molar-refractivity contribution in [3.63, 3.8) is 0 Å². The molecule has 10 heteroatoms. The summed E-state index contributed by atoms with van der Waals surface area (Å²) in [6.07, 6.45) is 1.02. The fourth-order valence-electron chi connectivity index (χ4n) is 4.61. The van der Waals surface area contributed by atoms with E-state index in [9.17, 15) is 13.2 Å². The second kappa shape index (κ2) is 9.68. The number of nitrogens with zero attached hydrogens (tertiary/aromatic N) is 2. The van der Waals surface area contributed by atoms with E-state index in [1.165, 1.54) is 35.6 Å². The van der Waals surface area contributed by atoms with Crippen molar-refractivity contribution >= 4 is 43.4 Å². The molecule has 1 aliphatic rings. The van der Waals surface area contributed by atoms with Crippen molar-refractivity contribution in [1.29, 1.82) is 0 Å². The van der Waals surface area contributed by atoms with E-state index >= 15 is 0 Å². The Bertz CT molecular complexity index is 1500. The number of amides is 1. The van der Waals surface area contributed by atoms with Crippen LogP contribution < -0.4 is 10.1 Å². The number of piperidine rings is 1. The molecule has 36 heavy (non-hydrogen) atoms. The number of carbonyl (C=O) groups excluding carboxylic acids is 1. The SMILES string of the molecule is COc1ccc2cc(-c3csc(NC(=O)c4ccc(S(=O)(=O)N5CC(C)CC(C)C5)cc4)n3)oc2c1. The van der Waals surface area contributed by atoms with Crippen LogP contribution in [0.15, 0.2) is 63.2 Å². The molecule has 0 spiro atoms. The lowest BCUT2D eigenvalue weighted by molar-refractivity contribution is 0.102. The molecule has 5 rings (SSSR count). The molecule has 0 aliphatic carbocycles. The van der Waals surface area contributed by atoms with E-state index in [2.05, 4.69) is 24.1 Å². The number of aromatic nitrogens is 1. The Balaban J connectivity index is 1.28. The van der Waals surface area contributed by atoms with Gasteiger partial charge in [0.05, 0.1) is 12.0 Å². The molecule has 1 fully saturated rings. The summed E-state index contributed by atoms with van der Waals surface area (Å²) < 4.78 is 38.9. The largest absolute Gasteiger partial charge is 0.497 e. The van der Waals surface area contributed by atoms with Crippen LogP contribution in [0.5, 0.6) is 5.75 Å². The summed E-state index contributed by atoms with van der Waals surface area (Å²) in [5.41, 5.74) is 1.64. The number of methoxy groups -OCH3 is 1. The molecule has 2 aromatic carbocycles. The molecular formula is C26H27N3O5S2. The van der Waals surface area contributed by atoms with Crippen molar-refractivity contribution in [2.24, 2.45) is 11.8 Å². The highest BCUT2D eigenvalue weighted by Crippen LogP contribution is 2.32. The van der Waals surface area contributed by atoms with Gasteiger partial charge in [0.1, 0.15) is 17.0 Å². The predicted molar refractivity (Wildman–Crippen MR) is 140 cm³/mol. The van der Waals surface area contributed by atoms with Gasteiger partial charge >= 0.3 is 0 Å². The number of hydrogen-bond acceptors (Lipinski definition) is 7. The van der Waals surface area contributed by atoms with Crippen molar-refractivity contribution in [1.82, 2.24) is 9.29 Å². The third-order valence-corrected chi connectivity index (χ3v) is 8.90. The van der Waals surface area contributed by atoms with Crippen LogP contribution in [-0.2, 0) is 10.0 Å². The fourth-order valence-corrected chi connectivity index (χ4v) is 6.98. The number of benzene rings is 2. The zero-order chi connectivity index (χ0) is 25.4. The van der Waals surface area contributed by atoms with Gasteiger partial charge in [-0.15, -0.1) is 11.3 Å². The maximum atomic E-state index is 13.1. The van der Waals surface area contributed by atoms with Crippen LogP contribution in [0.3, 0.4) is 0 Å². The molecule has 0 bridgehead atoms. The van der Waals surface area contributed by atoms with E-state index in [1.807, 2.05) is 24.3 Å². The summed E-state index contributed by atoms with van der Waals surface area (Å²) in [5.74, 6) is 1.56. The molecule has 8 nitrogen and oxygen atoms in total. The molecule has 1 aliphatic heterocycles. The number of carbonyl (C=O) groups is 1. The van der Waals surface area contributed by atoms with Gasteiger partial charge in [-0.25, -0.2) is 13.4 Å². The van der Waals surface area contributed by atoms with Gasteiger partial charge in [0, 0.05) is 35.5 Å². The molecule has 1 N–H and O–H groups in total. The van der Waals surface area contributed by atoms with Gasteiger partial charge in [-0.1, -0.05) is 13.8 Å². The number of sulfonamides is 1. The van der Waals surface area contributed by atoms with Gasteiger partial charge < -0.3 is 9.15 Å². The Morgan fingerprint density at radius 2 is 1.83 bits per heavy atom. The number of anilines is 1. The molecule has 1 amide bonds. The zero-order valence-corrected chi connectivity index (χ0v) is 21.9. The van der Waals surface area contributed by atoms with Crippen molar-refractivity contribution in [3.05, 3.63) is 59.5 Å². The lowest BCUT2D eigenvalue weighted by Crippen LogP contribution is -2.42. The van der Waals surface area contributed by atoms with Gasteiger partial charge in [0.15, 0.2) is 10.9 Å². The molecule has 3 heterocycles. The molecule has 4 aromatic rings. The molecular weight excluding hydrogens is 498 g/mol. The average molecular weight is 526 g/mol. The van der Waals surface area contributed by atoms with Crippen LogP contribution in [0.25, 0.3) is 22.4 Å². The Labute approximate surface area is 214 Å². The summed E-state index contributed by atoms with van der Waals surface area (Å²) in [4.78, 5) is 17.4. The standard InChI is InChI=1S/C26H27N3O5S2/c1-16-10-17(2)14-29(13-16)36(31,32)21-8-5-18(6-9-21)25(30)28-26-27-22(15-35-26)24-11-19-4-7-20(33-3)12-23(19)34-24/h4-9,11-12,15-17H,10,13-14H2,1-3H3,(H,27,28,30). The van der Waals surface area contributed by atoms with Gasteiger partial charge in [-0.3, -0.25) is 10.1 Å². The van der Waals surface area contributed by atoms with Gasteiger partial charge in [-0.05, 0) is 60.7 Å². The van der Waals surface area contributed by atoms with E-state index in [-0.39, 0.29) is 10.8 Å². The summed E-state index contributed by atoms with van der Waals surface area (Å²) in [7, 11) is -2.00. The van der Waals surface area contributed by atoms with Crippen LogP contribution >= 0.6 is 11.3 Å². The molecule has 2 aromatic heterocycles. The maximum Gasteiger partial charge on any atom is 0.257 e. The number of furan rings is 1. The van der Waals surface area contributed by atoms with Crippen LogP contribution in [0.2, 0.25) is 0 Å². The fraction of sp³-hybridized carbons (Fsp3) is 0.308. The summed E-state index contributed by atoms with van der Waals surface area (Å²) in [5, 5.41) is 5.93. The number of hydrogen-bond donors (Lipinski definition) is 1. The highest BCUT2D eigenvalue weighted by Gasteiger charge is 2.31. The molecule has 0 radical (unpaired) electrons. The first kappa shape index (κ1) is 24.5. The minimum Gasteiger partial charge on any atom is -0.497 e. The Morgan fingerprint density at radius 3 is 2.53 bits per heavy atom.